The quantitative estimate of drug-likeness (QED) is 0.623. The normalized spacial score (nSPS) is 19.1. The summed E-state index contributed by atoms with van der Waals surface area (Å²) in [6.07, 6.45) is 8.23. The van der Waals surface area contributed by atoms with E-state index in [9.17, 15) is 4.79 Å². The molecule has 3 aromatic rings. The predicted molar refractivity (Wildman–Crippen MR) is 115 cm³/mol. The summed E-state index contributed by atoms with van der Waals surface area (Å²) in [5.41, 5.74) is 1.84. The van der Waals surface area contributed by atoms with Crippen LogP contribution in [-0.2, 0) is 4.79 Å². The monoisotopic (exact) mass is 407 g/mol. The van der Waals surface area contributed by atoms with Crippen LogP contribution >= 0.6 is 11.8 Å². The van der Waals surface area contributed by atoms with Crippen molar-refractivity contribution in [3.63, 3.8) is 0 Å². The molecule has 1 amide bonds. The van der Waals surface area contributed by atoms with Crippen molar-refractivity contribution in [1.29, 1.82) is 0 Å². The van der Waals surface area contributed by atoms with E-state index in [1.165, 1.54) is 31.0 Å². The smallest absolute Gasteiger partial charge is 0.230 e. The van der Waals surface area contributed by atoms with E-state index in [1.807, 2.05) is 47.0 Å². The lowest BCUT2D eigenvalue weighted by Gasteiger charge is -2.29. The maximum atomic E-state index is 12.6. The first-order valence-corrected chi connectivity index (χ1v) is 11.0. The van der Waals surface area contributed by atoms with Crippen molar-refractivity contribution < 1.29 is 4.79 Å². The van der Waals surface area contributed by atoms with Crippen LogP contribution in [0.2, 0.25) is 0 Å². The van der Waals surface area contributed by atoms with Crippen molar-refractivity contribution in [3.8, 4) is 17.1 Å². The fourth-order valence-electron chi connectivity index (χ4n) is 3.76. The van der Waals surface area contributed by atoms with Gasteiger partial charge >= 0.3 is 0 Å². The first-order chi connectivity index (χ1) is 14.2. The molecular weight excluding hydrogens is 382 g/mol. The number of hydrogen-bond donors (Lipinski definition) is 1. The Morgan fingerprint density at radius 2 is 1.97 bits per heavy atom. The summed E-state index contributed by atoms with van der Waals surface area (Å²) in [7, 11) is 0. The van der Waals surface area contributed by atoms with Crippen LogP contribution in [0.15, 0.2) is 60.0 Å². The summed E-state index contributed by atoms with van der Waals surface area (Å²) in [5.74, 6) is 1.64. The molecule has 4 rings (SSSR count). The number of benzene rings is 1. The zero-order valence-corrected chi connectivity index (χ0v) is 17.3. The minimum absolute atomic E-state index is 0.0549. The van der Waals surface area contributed by atoms with Gasteiger partial charge in [-0.25, -0.2) is 0 Å². The third-order valence-corrected chi connectivity index (χ3v) is 6.29. The minimum atomic E-state index is 0.0549. The Labute approximate surface area is 175 Å². The van der Waals surface area contributed by atoms with Gasteiger partial charge in [0.05, 0.1) is 5.75 Å². The van der Waals surface area contributed by atoms with Gasteiger partial charge in [-0.2, -0.15) is 0 Å². The number of thioether (sulfide) groups is 1. The van der Waals surface area contributed by atoms with Crippen LogP contribution in [0.4, 0.5) is 0 Å². The van der Waals surface area contributed by atoms with Crippen molar-refractivity contribution in [2.75, 3.05) is 5.75 Å². The highest BCUT2D eigenvalue weighted by Crippen LogP contribution is 2.28. The number of nitrogens with zero attached hydrogens (tertiary/aromatic N) is 4. The predicted octanol–water partition coefficient (Wildman–Crippen LogP) is 4.12. The molecule has 6 nitrogen and oxygen atoms in total. The maximum absolute atomic E-state index is 12.6. The fraction of sp³-hybridized carbons (Fsp3) is 0.364. The zero-order valence-electron chi connectivity index (χ0n) is 16.5. The number of pyridine rings is 1. The molecule has 2 atom stereocenters. The van der Waals surface area contributed by atoms with E-state index < -0.39 is 0 Å². The number of carbonyl (C=O) groups excluding carboxylic acids is 1. The largest absolute Gasteiger partial charge is 0.352 e. The van der Waals surface area contributed by atoms with Gasteiger partial charge in [-0.15, -0.1) is 10.2 Å². The molecule has 0 saturated heterocycles. The molecule has 0 bridgehead atoms. The molecular formula is C22H25N5OS. The highest BCUT2D eigenvalue weighted by Gasteiger charge is 2.23. The van der Waals surface area contributed by atoms with Crippen molar-refractivity contribution in [3.05, 3.63) is 54.9 Å². The zero-order chi connectivity index (χ0) is 20.1. The maximum Gasteiger partial charge on any atom is 0.230 e. The summed E-state index contributed by atoms with van der Waals surface area (Å²) < 4.78 is 1.98. The van der Waals surface area contributed by atoms with E-state index in [4.69, 9.17) is 0 Å². The number of para-hydroxylation sites is 1. The average Bonchev–Trinajstić information content (AvgIpc) is 3.19. The third kappa shape index (κ3) is 4.67. The number of amides is 1. The SMILES string of the molecule is C[C@@H]1CCCC[C@H]1NC(=O)CSc1nnc(-c2cccnc2)n1-c1ccccc1. The number of carbonyl (C=O) groups is 1. The highest BCUT2D eigenvalue weighted by atomic mass is 32.2. The van der Waals surface area contributed by atoms with Crippen molar-refractivity contribution >= 4 is 17.7 Å². The molecule has 2 heterocycles. The van der Waals surface area contributed by atoms with E-state index in [-0.39, 0.29) is 11.9 Å². The Morgan fingerprint density at radius 3 is 2.72 bits per heavy atom. The lowest BCUT2D eigenvalue weighted by atomic mass is 9.86. The van der Waals surface area contributed by atoms with Gasteiger partial charge in [0.15, 0.2) is 11.0 Å². The van der Waals surface area contributed by atoms with Crippen molar-refractivity contribution in [2.24, 2.45) is 5.92 Å². The Bertz CT molecular complexity index is 944. The van der Waals surface area contributed by atoms with Crippen LogP contribution < -0.4 is 5.32 Å². The number of rotatable bonds is 6. The molecule has 0 spiro atoms. The van der Waals surface area contributed by atoms with Gasteiger partial charge in [-0.1, -0.05) is 49.7 Å². The van der Waals surface area contributed by atoms with Crippen LogP contribution in [0.5, 0.6) is 0 Å². The van der Waals surface area contributed by atoms with E-state index in [0.717, 1.165) is 17.7 Å². The number of nitrogens with one attached hydrogen (secondary N) is 1. The molecule has 2 aromatic heterocycles. The molecule has 1 aliphatic carbocycles. The van der Waals surface area contributed by atoms with Crippen LogP contribution in [0, 0.1) is 5.92 Å². The van der Waals surface area contributed by atoms with Gasteiger partial charge in [0.25, 0.3) is 0 Å². The van der Waals surface area contributed by atoms with Crippen molar-refractivity contribution in [1.82, 2.24) is 25.1 Å². The Hall–Kier alpha value is -2.67. The second-order valence-corrected chi connectivity index (χ2v) is 8.39. The van der Waals surface area contributed by atoms with Gasteiger partial charge < -0.3 is 5.32 Å². The van der Waals surface area contributed by atoms with Crippen LogP contribution in [0.25, 0.3) is 17.1 Å². The third-order valence-electron chi connectivity index (χ3n) is 5.36. The summed E-state index contributed by atoms with van der Waals surface area (Å²) in [5, 5.41) is 12.7. The van der Waals surface area contributed by atoms with Gasteiger partial charge in [0.2, 0.25) is 5.91 Å². The highest BCUT2D eigenvalue weighted by molar-refractivity contribution is 7.99. The lowest BCUT2D eigenvalue weighted by molar-refractivity contribution is -0.119. The van der Waals surface area contributed by atoms with E-state index in [2.05, 4.69) is 27.4 Å². The van der Waals surface area contributed by atoms with Crippen LogP contribution in [0.3, 0.4) is 0 Å². The molecule has 150 valence electrons. The lowest BCUT2D eigenvalue weighted by Crippen LogP contribution is -2.41. The molecule has 0 aliphatic heterocycles. The Morgan fingerprint density at radius 1 is 1.14 bits per heavy atom. The Kier molecular flexibility index (Phi) is 6.24. The van der Waals surface area contributed by atoms with Gasteiger partial charge in [-0.05, 0) is 43.0 Å². The topological polar surface area (TPSA) is 72.7 Å². The molecule has 1 N–H and O–H groups in total. The van der Waals surface area contributed by atoms with Crippen LogP contribution in [0.1, 0.15) is 32.6 Å². The second kappa shape index (κ2) is 9.22. The molecule has 7 heteroatoms. The van der Waals surface area contributed by atoms with E-state index in [0.29, 0.717) is 22.7 Å². The molecule has 1 saturated carbocycles. The summed E-state index contributed by atoms with van der Waals surface area (Å²) in [6.45, 7) is 2.23. The molecule has 1 aromatic carbocycles. The Balaban J connectivity index is 1.53. The van der Waals surface area contributed by atoms with Gasteiger partial charge in [0, 0.05) is 29.7 Å². The van der Waals surface area contributed by atoms with E-state index in [1.54, 1.807) is 12.4 Å². The first kappa shape index (κ1) is 19.6. The van der Waals surface area contributed by atoms with Crippen LogP contribution in [-0.4, -0.2) is 37.5 Å². The minimum Gasteiger partial charge on any atom is -0.352 e. The molecule has 29 heavy (non-hydrogen) atoms. The average molecular weight is 408 g/mol. The summed E-state index contributed by atoms with van der Waals surface area (Å²) >= 11 is 1.41. The number of hydrogen-bond acceptors (Lipinski definition) is 5. The standard InChI is InChI=1S/C22H25N5OS/c1-16-8-5-6-12-19(16)24-20(28)15-29-22-26-25-21(17-9-7-13-23-14-17)27(22)18-10-3-2-4-11-18/h2-4,7,9-11,13-14,16,19H,5-6,8,12,15H2,1H3,(H,24,28)/t16-,19-/m1/s1. The number of aromatic nitrogens is 4. The van der Waals surface area contributed by atoms with E-state index >= 15 is 0 Å². The fourth-order valence-corrected chi connectivity index (χ4v) is 4.53. The molecule has 1 aliphatic rings. The van der Waals surface area contributed by atoms with Gasteiger partial charge in [-0.3, -0.25) is 14.3 Å². The molecule has 0 unspecified atom stereocenters. The van der Waals surface area contributed by atoms with Gasteiger partial charge in [0.1, 0.15) is 0 Å². The molecule has 0 radical (unpaired) electrons. The first-order valence-electron chi connectivity index (χ1n) is 10.1. The molecule has 1 fully saturated rings. The summed E-state index contributed by atoms with van der Waals surface area (Å²) in [6, 6.07) is 14.1. The summed E-state index contributed by atoms with van der Waals surface area (Å²) in [4.78, 5) is 16.8. The second-order valence-electron chi connectivity index (χ2n) is 7.44. The van der Waals surface area contributed by atoms with Crippen molar-refractivity contribution in [2.45, 2.75) is 43.8 Å².